The Kier molecular flexibility index (Phi) is 5.23. The molecule has 0 fully saturated rings. The molecular weight excluding hydrogens is 318 g/mol. The fourth-order valence-electron chi connectivity index (χ4n) is 2.37. The van der Waals surface area contributed by atoms with Crippen LogP contribution < -0.4 is 5.32 Å². The monoisotopic (exact) mass is 335 g/mol. The van der Waals surface area contributed by atoms with Gasteiger partial charge in [0.1, 0.15) is 0 Å². The summed E-state index contributed by atoms with van der Waals surface area (Å²) in [6.07, 6.45) is 7.23. The average molecular weight is 335 g/mol. The Balaban J connectivity index is 1.72. The molecule has 4 nitrogen and oxygen atoms in total. The zero-order chi connectivity index (χ0) is 16.8. The molecule has 0 aliphatic heterocycles. The Labute approximate surface area is 145 Å². The van der Waals surface area contributed by atoms with Crippen LogP contribution in [-0.2, 0) is 6.54 Å². The van der Waals surface area contributed by atoms with Crippen molar-refractivity contribution in [3.63, 3.8) is 0 Å². The Morgan fingerprint density at radius 3 is 2.79 bits per heavy atom. The first kappa shape index (κ1) is 16.2. The van der Waals surface area contributed by atoms with Crippen LogP contribution in [0.5, 0.6) is 0 Å². The minimum absolute atomic E-state index is 0.0697. The quantitative estimate of drug-likeness (QED) is 0.721. The van der Waals surface area contributed by atoms with E-state index in [1.54, 1.807) is 30.4 Å². The number of hydrogen-bond donors (Lipinski definition) is 1. The van der Waals surface area contributed by atoms with Crippen LogP contribution in [0, 0.1) is 0 Å². The maximum Gasteiger partial charge on any atom is 0.252 e. The van der Waals surface area contributed by atoms with E-state index in [0.717, 1.165) is 21.7 Å². The minimum atomic E-state index is -0.0697. The number of aromatic nitrogens is 2. The van der Waals surface area contributed by atoms with Crippen molar-refractivity contribution in [2.45, 2.75) is 11.4 Å². The molecule has 2 aromatic heterocycles. The number of hydrogen-bond acceptors (Lipinski definition) is 4. The lowest BCUT2D eigenvalue weighted by atomic mass is 10.1. The van der Waals surface area contributed by atoms with Crippen molar-refractivity contribution in [1.29, 1.82) is 0 Å². The SMILES string of the molecule is CSc1ccccc1C(=O)NCc1ccnc(-c2cccnc2)c1. The zero-order valence-corrected chi connectivity index (χ0v) is 14.1. The number of pyridine rings is 2. The van der Waals surface area contributed by atoms with Gasteiger partial charge in [-0.05, 0) is 48.2 Å². The molecule has 0 aliphatic carbocycles. The molecule has 1 amide bonds. The topological polar surface area (TPSA) is 54.9 Å². The van der Waals surface area contributed by atoms with Gasteiger partial charge in [0.05, 0.1) is 11.3 Å². The highest BCUT2D eigenvalue weighted by Gasteiger charge is 2.10. The molecule has 0 atom stereocenters. The fourth-order valence-corrected chi connectivity index (χ4v) is 2.96. The molecule has 3 rings (SSSR count). The molecular formula is C19H17N3OS. The Bertz CT molecular complexity index is 837. The van der Waals surface area contributed by atoms with Crippen LogP contribution in [0.15, 0.2) is 72.0 Å². The van der Waals surface area contributed by atoms with Crippen LogP contribution >= 0.6 is 11.8 Å². The molecule has 0 bridgehead atoms. The van der Waals surface area contributed by atoms with E-state index in [-0.39, 0.29) is 5.91 Å². The van der Waals surface area contributed by atoms with Crippen LogP contribution in [0.4, 0.5) is 0 Å². The number of carbonyl (C=O) groups is 1. The van der Waals surface area contributed by atoms with Gasteiger partial charge < -0.3 is 5.32 Å². The summed E-state index contributed by atoms with van der Waals surface area (Å²) in [6.45, 7) is 0.456. The van der Waals surface area contributed by atoms with Crippen molar-refractivity contribution >= 4 is 17.7 Å². The van der Waals surface area contributed by atoms with E-state index in [1.165, 1.54) is 0 Å². The van der Waals surface area contributed by atoms with E-state index in [1.807, 2.05) is 54.8 Å². The summed E-state index contributed by atoms with van der Waals surface area (Å²) in [5.41, 5.74) is 3.50. The van der Waals surface area contributed by atoms with Gasteiger partial charge in [0.15, 0.2) is 0 Å². The number of rotatable bonds is 5. The number of thioether (sulfide) groups is 1. The molecule has 1 N–H and O–H groups in total. The molecule has 1 aromatic carbocycles. The third-order valence-electron chi connectivity index (χ3n) is 3.59. The summed E-state index contributed by atoms with van der Waals surface area (Å²) < 4.78 is 0. The van der Waals surface area contributed by atoms with Crippen molar-refractivity contribution in [2.24, 2.45) is 0 Å². The van der Waals surface area contributed by atoms with Crippen LogP contribution in [0.2, 0.25) is 0 Å². The highest BCUT2D eigenvalue weighted by atomic mass is 32.2. The first-order chi connectivity index (χ1) is 11.8. The van der Waals surface area contributed by atoms with E-state index in [4.69, 9.17) is 0 Å². The Hall–Kier alpha value is -2.66. The first-order valence-corrected chi connectivity index (χ1v) is 8.77. The molecule has 24 heavy (non-hydrogen) atoms. The number of nitrogens with one attached hydrogen (secondary N) is 1. The zero-order valence-electron chi connectivity index (χ0n) is 13.3. The molecule has 0 aliphatic rings. The van der Waals surface area contributed by atoms with Crippen molar-refractivity contribution in [1.82, 2.24) is 15.3 Å². The smallest absolute Gasteiger partial charge is 0.252 e. The van der Waals surface area contributed by atoms with Gasteiger partial charge in [-0.1, -0.05) is 12.1 Å². The molecule has 0 spiro atoms. The molecule has 5 heteroatoms. The van der Waals surface area contributed by atoms with Crippen molar-refractivity contribution in [3.05, 3.63) is 78.2 Å². The van der Waals surface area contributed by atoms with Crippen molar-refractivity contribution in [2.75, 3.05) is 6.26 Å². The first-order valence-electron chi connectivity index (χ1n) is 7.54. The lowest BCUT2D eigenvalue weighted by Crippen LogP contribution is -2.23. The number of amides is 1. The van der Waals surface area contributed by atoms with E-state index in [9.17, 15) is 4.79 Å². The lowest BCUT2D eigenvalue weighted by molar-refractivity contribution is 0.0948. The third-order valence-corrected chi connectivity index (χ3v) is 4.38. The van der Waals surface area contributed by atoms with Gasteiger partial charge >= 0.3 is 0 Å². The largest absolute Gasteiger partial charge is 0.348 e. The highest BCUT2D eigenvalue weighted by molar-refractivity contribution is 7.98. The van der Waals surface area contributed by atoms with Crippen LogP contribution in [0.3, 0.4) is 0 Å². The minimum Gasteiger partial charge on any atom is -0.348 e. The molecule has 0 radical (unpaired) electrons. The predicted octanol–water partition coefficient (Wildman–Crippen LogP) is 3.80. The summed E-state index contributed by atoms with van der Waals surface area (Å²) in [7, 11) is 0. The van der Waals surface area contributed by atoms with E-state index in [2.05, 4.69) is 15.3 Å². The van der Waals surface area contributed by atoms with Crippen LogP contribution in [-0.4, -0.2) is 22.1 Å². The van der Waals surface area contributed by atoms with Crippen molar-refractivity contribution in [3.8, 4) is 11.3 Å². The molecule has 0 unspecified atom stereocenters. The summed E-state index contributed by atoms with van der Waals surface area (Å²) in [5.74, 6) is -0.0697. The summed E-state index contributed by atoms with van der Waals surface area (Å²) in [5, 5.41) is 2.97. The van der Waals surface area contributed by atoms with Crippen LogP contribution in [0.1, 0.15) is 15.9 Å². The van der Waals surface area contributed by atoms with E-state index >= 15 is 0 Å². The maximum atomic E-state index is 12.4. The molecule has 2 heterocycles. The number of nitrogens with zero attached hydrogens (tertiary/aromatic N) is 2. The molecule has 120 valence electrons. The van der Waals surface area contributed by atoms with Gasteiger partial charge in [0.2, 0.25) is 0 Å². The van der Waals surface area contributed by atoms with E-state index in [0.29, 0.717) is 12.1 Å². The second kappa shape index (κ2) is 7.75. The summed E-state index contributed by atoms with van der Waals surface area (Å²) in [4.78, 5) is 21.9. The number of benzene rings is 1. The van der Waals surface area contributed by atoms with Crippen LogP contribution in [0.25, 0.3) is 11.3 Å². The van der Waals surface area contributed by atoms with Gasteiger partial charge in [0.25, 0.3) is 5.91 Å². The van der Waals surface area contributed by atoms with Gasteiger partial charge in [-0.15, -0.1) is 11.8 Å². The predicted molar refractivity (Wildman–Crippen MR) is 96.9 cm³/mol. The maximum absolute atomic E-state index is 12.4. The summed E-state index contributed by atoms with van der Waals surface area (Å²) in [6, 6.07) is 15.3. The second-order valence-corrected chi connectivity index (χ2v) is 6.02. The van der Waals surface area contributed by atoms with Gasteiger partial charge in [-0.25, -0.2) is 0 Å². The normalized spacial score (nSPS) is 10.4. The molecule has 3 aromatic rings. The summed E-state index contributed by atoms with van der Waals surface area (Å²) >= 11 is 1.57. The van der Waals surface area contributed by atoms with E-state index < -0.39 is 0 Å². The van der Waals surface area contributed by atoms with Gasteiger partial charge in [-0.2, -0.15) is 0 Å². The Morgan fingerprint density at radius 2 is 2.00 bits per heavy atom. The third kappa shape index (κ3) is 3.81. The Morgan fingerprint density at radius 1 is 1.12 bits per heavy atom. The standard InChI is InChI=1S/C19H17N3OS/c1-24-18-7-3-2-6-16(18)19(23)22-12-14-8-10-21-17(11-14)15-5-4-9-20-13-15/h2-11,13H,12H2,1H3,(H,22,23). The number of carbonyl (C=O) groups excluding carboxylic acids is 1. The van der Waals surface area contributed by atoms with Gasteiger partial charge in [0, 0.05) is 35.6 Å². The fraction of sp³-hybridized carbons (Fsp3) is 0.105. The second-order valence-electron chi connectivity index (χ2n) is 5.17. The van der Waals surface area contributed by atoms with Crippen molar-refractivity contribution < 1.29 is 4.79 Å². The molecule has 0 saturated carbocycles. The lowest BCUT2D eigenvalue weighted by Gasteiger charge is -2.09. The van der Waals surface area contributed by atoms with Gasteiger partial charge in [-0.3, -0.25) is 14.8 Å². The average Bonchev–Trinajstić information content (AvgIpc) is 2.67. The molecule has 0 saturated heterocycles. The highest BCUT2D eigenvalue weighted by Crippen LogP contribution is 2.20.